The summed E-state index contributed by atoms with van der Waals surface area (Å²) in [5.74, 6) is 0.946. The fourth-order valence-corrected chi connectivity index (χ4v) is 3.07. The predicted molar refractivity (Wildman–Crippen MR) is 75.0 cm³/mol. The number of furan rings is 1. The molecule has 0 bridgehead atoms. The number of fused-ring (bicyclic) bond motifs is 1. The summed E-state index contributed by atoms with van der Waals surface area (Å²) in [6.45, 7) is 4.41. The van der Waals surface area contributed by atoms with Crippen molar-refractivity contribution in [1.82, 2.24) is 0 Å². The molecule has 3 nitrogen and oxygen atoms in total. The molecule has 3 heteroatoms. The van der Waals surface area contributed by atoms with Gasteiger partial charge in [-0.05, 0) is 18.2 Å². The second-order valence-corrected chi connectivity index (χ2v) is 5.62. The van der Waals surface area contributed by atoms with Gasteiger partial charge in [0.25, 0.3) is 0 Å². The van der Waals surface area contributed by atoms with Crippen molar-refractivity contribution in [3.63, 3.8) is 0 Å². The van der Waals surface area contributed by atoms with E-state index in [1.807, 2.05) is 18.2 Å². The topological polar surface area (TPSA) is 34.4 Å². The van der Waals surface area contributed by atoms with Crippen LogP contribution in [-0.2, 0) is 4.74 Å². The summed E-state index contributed by atoms with van der Waals surface area (Å²) in [4.78, 5) is 0. The quantitative estimate of drug-likeness (QED) is 0.877. The highest BCUT2D eigenvalue weighted by atomic mass is 16.5. The van der Waals surface area contributed by atoms with Gasteiger partial charge in [-0.1, -0.05) is 32.0 Å². The van der Waals surface area contributed by atoms with Gasteiger partial charge in [-0.15, -0.1) is 0 Å². The van der Waals surface area contributed by atoms with Crippen molar-refractivity contribution in [2.75, 3.05) is 12.4 Å². The molecule has 1 aliphatic rings. The molecule has 19 heavy (non-hydrogen) atoms. The van der Waals surface area contributed by atoms with Crippen molar-refractivity contribution in [1.29, 1.82) is 0 Å². The van der Waals surface area contributed by atoms with Gasteiger partial charge in [0, 0.05) is 23.8 Å². The van der Waals surface area contributed by atoms with Crippen molar-refractivity contribution in [2.45, 2.75) is 26.0 Å². The lowest BCUT2D eigenvalue weighted by Gasteiger charge is -2.45. The first-order chi connectivity index (χ1) is 9.14. The van der Waals surface area contributed by atoms with Crippen LogP contribution in [0.15, 0.2) is 47.1 Å². The lowest BCUT2D eigenvalue weighted by atomic mass is 9.72. The molecule has 3 rings (SSSR count). The summed E-state index contributed by atoms with van der Waals surface area (Å²) in [6.07, 6.45) is 1.76. The van der Waals surface area contributed by atoms with E-state index in [2.05, 4.69) is 37.4 Å². The van der Waals surface area contributed by atoms with Crippen molar-refractivity contribution in [3.8, 4) is 0 Å². The Hall–Kier alpha value is -1.74. The van der Waals surface area contributed by atoms with Gasteiger partial charge >= 0.3 is 0 Å². The Morgan fingerprint density at radius 2 is 1.95 bits per heavy atom. The van der Waals surface area contributed by atoms with Gasteiger partial charge in [0.2, 0.25) is 0 Å². The van der Waals surface area contributed by atoms with Crippen LogP contribution in [0.3, 0.4) is 0 Å². The predicted octanol–water partition coefficient (Wildman–Crippen LogP) is 4.16. The molecule has 0 spiro atoms. The maximum absolute atomic E-state index is 5.78. The number of ether oxygens (including phenoxy) is 1. The second-order valence-electron chi connectivity index (χ2n) is 5.62. The average molecular weight is 257 g/mol. The van der Waals surface area contributed by atoms with E-state index in [4.69, 9.17) is 9.15 Å². The van der Waals surface area contributed by atoms with E-state index in [1.54, 1.807) is 13.4 Å². The molecule has 0 fully saturated rings. The molecule has 2 aromatic rings. The molecule has 1 aliphatic heterocycles. The van der Waals surface area contributed by atoms with E-state index in [0.717, 1.165) is 11.4 Å². The standard InChI is InChI=1S/C16H19NO2/c1-16(2)14(13-9-6-10-19-13)17-12-8-5-4-7-11(12)15(16)18-3/h4-10,14-15,17H,1-3H3/t14-,15-/m1/s1. The van der Waals surface area contributed by atoms with Gasteiger partial charge < -0.3 is 14.5 Å². The maximum Gasteiger partial charge on any atom is 0.126 e. The molecule has 1 aromatic heterocycles. The van der Waals surface area contributed by atoms with Crippen LogP contribution in [0.2, 0.25) is 0 Å². The van der Waals surface area contributed by atoms with Crippen molar-refractivity contribution >= 4 is 5.69 Å². The largest absolute Gasteiger partial charge is 0.467 e. The Labute approximate surface area is 113 Å². The Morgan fingerprint density at radius 3 is 2.63 bits per heavy atom. The van der Waals surface area contributed by atoms with Crippen LogP contribution in [0.5, 0.6) is 0 Å². The molecule has 2 atom stereocenters. The number of anilines is 1. The summed E-state index contributed by atoms with van der Waals surface area (Å²) in [7, 11) is 1.77. The highest BCUT2D eigenvalue weighted by Gasteiger charge is 2.45. The molecular formula is C16H19NO2. The number of hydrogen-bond acceptors (Lipinski definition) is 3. The summed E-state index contributed by atoms with van der Waals surface area (Å²) >= 11 is 0. The molecule has 0 saturated heterocycles. The van der Waals surface area contributed by atoms with Crippen LogP contribution >= 0.6 is 0 Å². The number of benzene rings is 1. The molecule has 0 aliphatic carbocycles. The summed E-state index contributed by atoms with van der Waals surface area (Å²) < 4.78 is 11.4. The highest BCUT2D eigenvalue weighted by Crippen LogP contribution is 2.52. The van der Waals surface area contributed by atoms with Gasteiger partial charge in [-0.2, -0.15) is 0 Å². The molecule has 2 heterocycles. The first-order valence-corrected chi connectivity index (χ1v) is 6.56. The maximum atomic E-state index is 5.78. The fourth-order valence-electron chi connectivity index (χ4n) is 3.07. The van der Waals surface area contributed by atoms with Crippen LogP contribution < -0.4 is 5.32 Å². The average Bonchev–Trinajstić information content (AvgIpc) is 2.91. The van der Waals surface area contributed by atoms with Crippen molar-refractivity contribution in [3.05, 3.63) is 54.0 Å². The Balaban J connectivity index is 2.11. The lowest BCUT2D eigenvalue weighted by molar-refractivity contribution is -0.0142. The normalized spacial score (nSPS) is 24.6. The SMILES string of the molecule is CO[C@@H]1c2ccccc2N[C@H](c2ccco2)C1(C)C. The van der Waals surface area contributed by atoms with Crippen LogP contribution in [0, 0.1) is 5.41 Å². The van der Waals surface area contributed by atoms with Gasteiger partial charge in [0.15, 0.2) is 0 Å². The minimum absolute atomic E-state index is 0.0417. The molecule has 1 aromatic carbocycles. The third-order valence-electron chi connectivity index (χ3n) is 4.03. The second kappa shape index (κ2) is 4.42. The molecule has 0 saturated carbocycles. The molecule has 100 valence electrons. The number of methoxy groups -OCH3 is 1. The fraction of sp³-hybridized carbons (Fsp3) is 0.375. The first kappa shape index (κ1) is 12.3. The number of nitrogens with one attached hydrogen (secondary N) is 1. The smallest absolute Gasteiger partial charge is 0.126 e. The van der Waals surface area contributed by atoms with E-state index >= 15 is 0 Å². The third-order valence-corrected chi connectivity index (χ3v) is 4.03. The zero-order valence-electron chi connectivity index (χ0n) is 11.5. The van der Waals surface area contributed by atoms with Gasteiger partial charge in [-0.3, -0.25) is 0 Å². The number of para-hydroxylation sites is 1. The highest BCUT2D eigenvalue weighted by molar-refractivity contribution is 5.57. The Morgan fingerprint density at radius 1 is 1.16 bits per heavy atom. The molecule has 0 amide bonds. The van der Waals surface area contributed by atoms with Crippen molar-refractivity contribution < 1.29 is 9.15 Å². The zero-order chi connectivity index (χ0) is 13.5. The van der Waals surface area contributed by atoms with Crippen LogP contribution in [-0.4, -0.2) is 7.11 Å². The molecule has 0 radical (unpaired) electrons. The summed E-state index contributed by atoms with van der Waals surface area (Å²) in [6, 6.07) is 12.3. The number of rotatable bonds is 2. The monoisotopic (exact) mass is 257 g/mol. The van der Waals surface area contributed by atoms with E-state index in [-0.39, 0.29) is 17.6 Å². The zero-order valence-corrected chi connectivity index (χ0v) is 11.5. The third kappa shape index (κ3) is 1.85. The van der Waals surface area contributed by atoms with Gasteiger partial charge in [0.1, 0.15) is 5.76 Å². The molecular weight excluding hydrogens is 238 g/mol. The molecule has 0 unspecified atom stereocenters. The van der Waals surface area contributed by atoms with E-state index in [0.29, 0.717) is 0 Å². The van der Waals surface area contributed by atoms with E-state index < -0.39 is 0 Å². The Kier molecular flexibility index (Phi) is 2.86. The Bertz CT molecular complexity index is 560. The number of hydrogen-bond donors (Lipinski definition) is 1. The first-order valence-electron chi connectivity index (χ1n) is 6.56. The summed E-state index contributed by atoms with van der Waals surface area (Å²) in [5, 5.41) is 3.58. The lowest BCUT2D eigenvalue weighted by Crippen LogP contribution is -2.39. The van der Waals surface area contributed by atoms with Crippen molar-refractivity contribution in [2.24, 2.45) is 5.41 Å². The van der Waals surface area contributed by atoms with E-state index in [1.165, 1.54) is 5.56 Å². The van der Waals surface area contributed by atoms with Crippen LogP contribution in [0.4, 0.5) is 5.69 Å². The van der Waals surface area contributed by atoms with Crippen LogP contribution in [0.25, 0.3) is 0 Å². The minimum Gasteiger partial charge on any atom is -0.467 e. The molecule has 1 N–H and O–H groups in total. The minimum atomic E-state index is -0.0963. The van der Waals surface area contributed by atoms with Gasteiger partial charge in [-0.25, -0.2) is 0 Å². The van der Waals surface area contributed by atoms with E-state index in [9.17, 15) is 0 Å². The summed E-state index contributed by atoms with van der Waals surface area (Å²) in [5.41, 5.74) is 2.23. The van der Waals surface area contributed by atoms with Gasteiger partial charge in [0.05, 0.1) is 18.4 Å². The van der Waals surface area contributed by atoms with Crippen LogP contribution in [0.1, 0.15) is 37.3 Å².